The third kappa shape index (κ3) is 4.48. The molecule has 0 atom stereocenters. The molecule has 1 saturated heterocycles. The largest absolute Gasteiger partial charge is 0.353 e. The molecule has 2 aromatic heterocycles. The minimum absolute atomic E-state index is 0.00906. The average Bonchev–Trinajstić information content (AvgIpc) is 3.13. The molecule has 0 aromatic carbocycles. The van der Waals surface area contributed by atoms with Crippen molar-refractivity contribution in [2.75, 3.05) is 31.1 Å². The first-order valence-corrected chi connectivity index (χ1v) is 9.56. The van der Waals surface area contributed by atoms with E-state index in [0.717, 1.165) is 30.4 Å². The van der Waals surface area contributed by atoms with Crippen LogP contribution in [0, 0.1) is 6.92 Å². The molecule has 1 aliphatic heterocycles. The molecular formula is C18H25N5OS. The van der Waals surface area contributed by atoms with Crippen LogP contribution in [0.15, 0.2) is 23.6 Å². The number of thiophene rings is 1. The fourth-order valence-corrected chi connectivity index (χ4v) is 3.47. The van der Waals surface area contributed by atoms with Crippen molar-refractivity contribution in [2.24, 2.45) is 0 Å². The van der Waals surface area contributed by atoms with E-state index in [9.17, 15) is 4.79 Å². The monoisotopic (exact) mass is 359 g/mol. The molecule has 1 N–H and O–H groups in total. The number of hydrogen-bond donors (Lipinski definition) is 1. The Labute approximate surface area is 152 Å². The third-order valence-electron chi connectivity index (χ3n) is 4.26. The van der Waals surface area contributed by atoms with Gasteiger partial charge in [0.1, 0.15) is 11.6 Å². The Morgan fingerprint density at radius 1 is 1.28 bits per heavy atom. The highest BCUT2D eigenvalue weighted by Gasteiger charge is 2.22. The number of piperazine rings is 1. The van der Waals surface area contributed by atoms with E-state index < -0.39 is 0 Å². The van der Waals surface area contributed by atoms with E-state index in [2.05, 4.69) is 29.0 Å². The van der Waals surface area contributed by atoms with Crippen LogP contribution in [0.5, 0.6) is 0 Å². The summed E-state index contributed by atoms with van der Waals surface area (Å²) in [7, 11) is 0. The molecule has 3 heterocycles. The number of anilines is 1. The summed E-state index contributed by atoms with van der Waals surface area (Å²) in [5.74, 6) is 2.16. The fraction of sp³-hybridized carbons (Fsp3) is 0.500. The first-order valence-electron chi connectivity index (χ1n) is 8.68. The highest BCUT2D eigenvalue weighted by Crippen LogP contribution is 2.18. The van der Waals surface area contributed by atoms with Crippen LogP contribution in [-0.2, 0) is 6.54 Å². The lowest BCUT2D eigenvalue weighted by molar-refractivity contribution is 0.194. The van der Waals surface area contributed by atoms with Crippen LogP contribution in [0.25, 0.3) is 0 Å². The van der Waals surface area contributed by atoms with E-state index in [-0.39, 0.29) is 6.03 Å². The van der Waals surface area contributed by atoms with Gasteiger partial charge in [0, 0.05) is 48.7 Å². The number of nitrogens with zero attached hydrogens (tertiary/aromatic N) is 4. The lowest BCUT2D eigenvalue weighted by atomic mass is 10.2. The van der Waals surface area contributed by atoms with Crippen molar-refractivity contribution in [2.45, 2.75) is 33.2 Å². The number of carbonyl (C=O) groups excluding carboxylic acids is 1. The van der Waals surface area contributed by atoms with E-state index in [4.69, 9.17) is 4.98 Å². The number of amides is 2. The van der Waals surface area contributed by atoms with E-state index in [0.29, 0.717) is 25.6 Å². The molecule has 25 heavy (non-hydrogen) atoms. The number of aromatic nitrogens is 2. The second-order valence-electron chi connectivity index (χ2n) is 6.59. The molecule has 0 spiro atoms. The molecule has 2 aromatic rings. The van der Waals surface area contributed by atoms with Crippen LogP contribution in [0.3, 0.4) is 0 Å². The standard InChI is InChI=1S/C18H25N5OS/c1-13(2)17-20-14(3)11-16(21-17)22-6-8-23(9-7-22)18(24)19-12-15-5-4-10-25-15/h4-5,10-11,13H,6-9,12H2,1-3H3,(H,19,24). The Balaban J connectivity index is 1.55. The van der Waals surface area contributed by atoms with Gasteiger partial charge < -0.3 is 15.1 Å². The molecule has 2 amide bonds. The van der Waals surface area contributed by atoms with Gasteiger partial charge in [0.15, 0.2) is 0 Å². The van der Waals surface area contributed by atoms with Crippen molar-refractivity contribution in [1.29, 1.82) is 0 Å². The molecular weight excluding hydrogens is 334 g/mol. The van der Waals surface area contributed by atoms with E-state index in [1.165, 1.54) is 4.88 Å². The molecule has 0 aliphatic carbocycles. The Bertz CT molecular complexity index is 708. The molecule has 3 rings (SSSR count). The smallest absolute Gasteiger partial charge is 0.317 e. The van der Waals surface area contributed by atoms with Crippen molar-refractivity contribution in [3.8, 4) is 0 Å². The second-order valence-corrected chi connectivity index (χ2v) is 7.62. The van der Waals surface area contributed by atoms with Crippen LogP contribution in [0.2, 0.25) is 0 Å². The summed E-state index contributed by atoms with van der Waals surface area (Å²) in [4.78, 5) is 26.8. The topological polar surface area (TPSA) is 61.4 Å². The summed E-state index contributed by atoms with van der Waals surface area (Å²) < 4.78 is 0. The lowest BCUT2D eigenvalue weighted by Gasteiger charge is -2.35. The first-order chi connectivity index (χ1) is 12.0. The van der Waals surface area contributed by atoms with Gasteiger partial charge in [0.05, 0.1) is 6.54 Å². The number of hydrogen-bond acceptors (Lipinski definition) is 5. The van der Waals surface area contributed by atoms with Gasteiger partial charge in [0.25, 0.3) is 0 Å². The van der Waals surface area contributed by atoms with Crippen molar-refractivity contribution < 1.29 is 4.79 Å². The highest BCUT2D eigenvalue weighted by molar-refractivity contribution is 7.09. The average molecular weight is 359 g/mol. The molecule has 134 valence electrons. The molecule has 7 heteroatoms. The van der Waals surface area contributed by atoms with Crippen molar-refractivity contribution in [3.05, 3.63) is 40.0 Å². The van der Waals surface area contributed by atoms with Crippen LogP contribution >= 0.6 is 11.3 Å². The van der Waals surface area contributed by atoms with Gasteiger partial charge in [0.2, 0.25) is 0 Å². The van der Waals surface area contributed by atoms with Crippen LogP contribution in [0.4, 0.5) is 10.6 Å². The van der Waals surface area contributed by atoms with Gasteiger partial charge in [-0.2, -0.15) is 0 Å². The zero-order valence-electron chi connectivity index (χ0n) is 15.0. The Morgan fingerprint density at radius 3 is 2.68 bits per heavy atom. The Morgan fingerprint density at radius 2 is 2.04 bits per heavy atom. The normalized spacial score (nSPS) is 14.9. The number of rotatable bonds is 4. The van der Waals surface area contributed by atoms with Crippen molar-refractivity contribution in [3.63, 3.8) is 0 Å². The van der Waals surface area contributed by atoms with Crippen LogP contribution < -0.4 is 10.2 Å². The fourth-order valence-electron chi connectivity index (χ4n) is 2.82. The van der Waals surface area contributed by atoms with Gasteiger partial charge in [-0.05, 0) is 18.4 Å². The van der Waals surface area contributed by atoms with Crippen molar-refractivity contribution >= 4 is 23.2 Å². The Kier molecular flexibility index (Phi) is 5.53. The number of urea groups is 1. The zero-order chi connectivity index (χ0) is 17.8. The summed E-state index contributed by atoms with van der Waals surface area (Å²) in [6.45, 7) is 9.81. The SMILES string of the molecule is Cc1cc(N2CCN(C(=O)NCc3cccs3)CC2)nc(C(C)C)n1. The van der Waals surface area contributed by atoms with Gasteiger partial charge in [-0.15, -0.1) is 11.3 Å². The van der Waals surface area contributed by atoms with Crippen LogP contribution in [0.1, 0.15) is 36.2 Å². The predicted octanol–water partition coefficient (Wildman–Crippen LogP) is 3.00. The predicted molar refractivity (Wildman–Crippen MR) is 101 cm³/mol. The molecule has 1 fully saturated rings. The summed E-state index contributed by atoms with van der Waals surface area (Å²) in [6.07, 6.45) is 0. The summed E-state index contributed by atoms with van der Waals surface area (Å²) in [5, 5.41) is 5.02. The zero-order valence-corrected chi connectivity index (χ0v) is 15.8. The molecule has 6 nitrogen and oxygen atoms in total. The van der Waals surface area contributed by atoms with Gasteiger partial charge in [-0.3, -0.25) is 0 Å². The Hall–Kier alpha value is -2.15. The van der Waals surface area contributed by atoms with Gasteiger partial charge >= 0.3 is 6.03 Å². The summed E-state index contributed by atoms with van der Waals surface area (Å²) >= 11 is 1.66. The van der Waals surface area contributed by atoms with E-state index in [1.807, 2.05) is 35.4 Å². The van der Waals surface area contributed by atoms with Gasteiger partial charge in [-0.25, -0.2) is 14.8 Å². The number of aryl methyl sites for hydroxylation is 1. The second kappa shape index (κ2) is 7.82. The number of carbonyl (C=O) groups is 1. The van der Waals surface area contributed by atoms with E-state index in [1.54, 1.807) is 11.3 Å². The molecule has 0 bridgehead atoms. The lowest BCUT2D eigenvalue weighted by Crippen LogP contribution is -2.52. The maximum atomic E-state index is 12.3. The first kappa shape index (κ1) is 17.7. The van der Waals surface area contributed by atoms with E-state index >= 15 is 0 Å². The maximum absolute atomic E-state index is 12.3. The quantitative estimate of drug-likeness (QED) is 0.912. The molecule has 0 unspecified atom stereocenters. The molecule has 0 radical (unpaired) electrons. The summed E-state index contributed by atoms with van der Waals surface area (Å²) in [5.41, 5.74) is 0.991. The van der Waals surface area contributed by atoms with Crippen LogP contribution in [-0.4, -0.2) is 47.1 Å². The summed E-state index contributed by atoms with van der Waals surface area (Å²) in [6, 6.07) is 6.07. The molecule has 1 aliphatic rings. The minimum Gasteiger partial charge on any atom is -0.353 e. The minimum atomic E-state index is 0.00906. The maximum Gasteiger partial charge on any atom is 0.317 e. The van der Waals surface area contributed by atoms with Gasteiger partial charge in [-0.1, -0.05) is 19.9 Å². The molecule has 0 saturated carbocycles. The van der Waals surface area contributed by atoms with Crippen molar-refractivity contribution in [1.82, 2.24) is 20.2 Å². The third-order valence-corrected chi connectivity index (χ3v) is 5.14. The number of nitrogens with one attached hydrogen (secondary N) is 1. The highest BCUT2D eigenvalue weighted by atomic mass is 32.1.